The standard InChI is InChI=1S/C19H13Cl3N6O3/c1-9-7-15(29)27-17(11-8-10(28(30)31)5-6-12(11)20)25-18(26-19(27)23-9)24-14-4-2-3-13(21)16(14)22/h2-8,17H,1H3,(H2,23,24,25,26)/t17-/m1/s1. The number of aliphatic imine (C=N–C) groups is 1. The normalized spacial score (nSPS) is 15.0. The van der Waals surface area contributed by atoms with Gasteiger partial charge in [-0.05, 0) is 25.1 Å². The molecule has 2 heterocycles. The number of nitrogens with one attached hydrogen (secondary N) is 2. The molecule has 0 aliphatic carbocycles. The minimum atomic E-state index is -1.01. The summed E-state index contributed by atoms with van der Waals surface area (Å²) in [5, 5.41) is 18.1. The highest BCUT2D eigenvalue weighted by Gasteiger charge is 2.28. The lowest BCUT2D eigenvalue weighted by atomic mass is 10.1. The van der Waals surface area contributed by atoms with Gasteiger partial charge >= 0.3 is 0 Å². The van der Waals surface area contributed by atoms with Crippen LogP contribution in [0.1, 0.15) is 17.4 Å². The van der Waals surface area contributed by atoms with Crippen molar-refractivity contribution in [1.29, 1.82) is 0 Å². The van der Waals surface area contributed by atoms with Crippen LogP contribution in [0.3, 0.4) is 0 Å². The van der Waals surface area contributed by atoms with Crippen molar-refractivity contribution in [2.75, 3.05) is 10.6 Å². The van der Waals surface area contributed by atoms with Crippen LogP contribution in [0.5, 0.6) is 0 Å². The third-order valence-corrected chi connectivity index (χ3v) is 5.64. The fourth-order valence-corrected chi connectivity index (χ4v) is 3.65. The number of aryl methyl sites for hydroxylation is 1. The number of non-ortho nitro benzene ring substituents is 1. The number of aromatic nitrogens is 2. The zero-order valence-electron chi connectivity index (χ0n) is 15.8. The van der Waals surface area contributed by atoms with Gasteiger partial charge in [0, 0.05) is 34.5 Å². The van der Waals surface area contributed by atoms with Gasteiger partial charge in [-0.1, -0.05) is 40.9 Å². The lowest BCUT2D eigenvalue weighted by Crippen LogP contribution is -2.37. The lowest BCUT2D eigenvalue weighted by molar-refractivity contribution is -0.384. The maximum Gasteiger partial charge on any atom is 0.269 e. The highest BCUT2D eigenvalue weighted by Crippen LogP contribution is 2.34. The number of hydrogen-bond donors (Lipinski definition) is 2. The summed E-state index contributed by atoms with van der Waals surface area (Å²) < 4.78 is 1.27. The van der Waals surface area contributed by atoms with E-state index in [0.717, 1.165) is 0 Å². The smallest absolute Gasteiger partial charge is 0.269 e. The molecule has 2 N–H and O–H groups in total. The number of halogens is 3. The molecule has 1 aliphatic heterocycles. The van der Waals surface area contributed by atoms with Gasteiger partial charge in [0.15, 0.2) is 6.17 Å². The van der Waals surface area contributed by atoms with Gasteiger partial charge in [-0.15, -0.1) is 0 Å². The van der Waals surface area contributed by atoms with E-state index in [1.165, 1.54) is 28.8 Å². The van der Waals surface area contributed by atoms with Crippen molar-refractivity contribution in [3.8, 4) is 0 Å². The number of rotatable bonds is 3. The van der Waals surface area contributed by atoms with Gasteiger partial charge in [0.05, 0.1) is 20.7 Å². The molecule has 31 heavy (non-hydrogen) atoms. The van der Waals surface area contributed by atoms with Crippen molar-refractivity contribution in [3.63, 3.8) is 0 Å². The van der Waals surface area contributed by atoms with Crippen LogP contribution in [0.15, 0.2) is 52.3 Å². The molecule has 0 radical (unpaired) electrons. The topological polar surface area (TPSA) is 114 Å². The Balaban J connectivity index is 1.88. The Morgan fingerprint density at radius 3 is 2.68 bits per heavy atom. The number of nitro groups is 1. The zero-order valence-corrected chi connectivity index (χ0v) is 18.0. The monoisotopic (exact) mass is 478 g/mol. The Morgan fingerprint density at radius 2 is 1.94 bits per heavy atom. The molecule has 4 rings (SSSR count). The third-order valence-electron chi connectivity index (χ3n) is 4.48. The Morgan fingerprint density at radius 1 is 1.16 bits per heavy atom. The van der Waals surface area contributed by atoms with Gasteiger partial charge in [0.1, 0.15) is 0 Å². The summed E-state index contributed by atoms with van der Waals surface area (Å²) in [4.78, 5) is 32.3. The van der Waals surface area contributed by atoms with E-state index in [0.29, 0.717) is 16.4 Å². The minimum absolute atomic E-state index is 0.185. The van der Waals surface area contributed by atoms with E-state index < -0.39 is 16.6 Å². The van der Waals surface area contributed by atoms with Crippen LogP contribution in [0.4, 0.5) is 17.3 Å². The summed E-state index contributed by atoms with van der Waals surface area (Å²) in [5.74, 6) is 0.391. The van der Waals surface area contributed by atoms with Crippen LogP contribution in [0.2, 0.25) is 15.1 Å². The number of anilines is 2. The van der Waals surface area contributed by atoms with E-state index in [1.807, 2.05) is 0 Å². The van der Waals surface area contributed by atoms with Crippen molar-refractivity contribution in [1.82, 2.24) is 9.55 Å². The molecule has 0 bridgehead atoms. The predicted molar refractivity (Wildman–Crippen MR) is 121 cm³/mol. The molecule has 158 valence electrons. The quantitative estimate of drug-likeness (QED) is 0.409. The summed E-state index contributed by atoms with van der Waals surface area (Å²) in [5.41, 5.74) is 0.631. The van der Waals surface area contributed by atoms with Gasteiger partial charge in [0.25, 0.3) is 11.2 Å². The minimum Gasteiger partial charge on any atom is -0.325 e. The molecule has 0 unspecified atom stereocenters. The summed E-state index contributed by atoms with van der Waals surface area (Å²) in [7, 11) is 0. The molecule has 1 aliphatic rings. The van der Waals surface area contributed by atoms with Crippen LogP contribution < -0.4 is 16.2 Å². The van der Waals surface area contributed by atoms with E-state index in [-0.39, 0.29) is 33.2 Å². The van der Waals surface area contributed by atoms with E-state index >= 15 is 0 Å². The highest BCUT2D eigenvalue weighted by atomic mass is 35.5. The fourth-order valence-electron chi connectivity index (χ4n) is 3.09. The molecule has 2 aromatic carbocycles. The highest BCUT2D eigenvalue weighted by molar-refractivity contribution is 6.44. The van der Waals surface area contributed by atoms with E-state index in [4.69, 9.17) is 34.8 Å². The van der Waals surface area contributed by atoms with E-state index in [9.17, 15) is 14.9 Å². The first-order valence-corrected chi connectivity index (χ1v) is 9.98. The number of benzene rings is 2. The lowest BCUT2D eigenvalue weighted by Gasteiger charge is -2.27. The van der Waals surface area contributed by atoms with Crippen molar-refractivity contribution < 1.29 is 4.92 Å². The molecule has 0 saturated heterocycles. The van der Waals surface area contributed by atoms with E-state index in [2.05, 4.69) is 20.6 Å². The van der Waals surface area contributed by atoms with Crippen molar-refractivity contribution >= 4 is 58.1 Å². The summed E-state index contributed by atoms with van der Waals surface area (Å²) in [6.07, 6.45) is -1.01. The van der Waals surface area contributed by atoms with Gasteiger partial charge in [-0.2, -0.15) is 0 Å². The molecular formula is C19H13Cl3N6O3. The molecule has 0 spiro atoms. The maximum atomic E-state index is 12.7. The molecule has 3 aromatic rings. The van der Waals surface area contributed by atoms with Crippen LogP contribution >= 0.6 is 34.8 Å². The van der Waals surface area contributed by atoms with E-state index in [1.54, 1.807) is 25.1 Å². The predicted octanol–water partition coefficient (Wildman–Crippen LogP) is 4.86. The number of guanidine groups is 1. The number of fused-ring (bicyclic) bond motifs is 1. The summed E-state index contributed by atoms with van der Waals surface area (Å²) >= 11 is 18.7. The van der Waals surface area contributed by atoms with Crippen LogP contribution in [0.25, 0.3) is 0 Å². The third kappa shape index (κ3) is 4.07. The maximum absolute atomic E-state index is 12.7. The fraction of sp³-hybridized carbons (Fsp3) is 0.105. The van der Waals surface area contributed by atoms with Crippen LogP contribution in [-0.2, 0) is 0 Å². The molecule has 0 amide bonds. The van der Waals surface area contributed by atoms with Crippen molar-refractivity contribution in [3.05, 3.63) is 89.3 Å². The van der Waals surface area contributed by atoms with Crippen molar-refractivity contribution in [2.24, 2.45) is 4.99 Å². The Labute approximate surface area is 190 Å². The van der Waals surface area contributed by atoms with Gasteiger partial charge < -0.3 is 5.32 Å². The molecule has 0 fully saturated rings. The molecule has 12 heteroatoms. The first-order valence-electron chi connectivity index (χ1n) is 8.84. The van der Waals surface area contributed by atoms with Gasteiger partial charge in [-0.3, -0.25) is 24.8 Å². The Hall–Kier alpha value is -3.14. The molecule has 1 atom stereocenters. The Bertz CT molecular complexity index is 1310. The van der Waals surface area contributed by atoms with Crippen LogP contribution in [0, 0.1) is 17.0 Å². The van der Waals surface area contributed by atoms with Crippen molar-refractivity contribution in [2.45, 2.75) is 13.1 Å². The second kappa shape index (κ2) is 8.18. The van der Waals surface area contributed by atoms with Gasteiger partial charge in [0.2, 0.25) is 11.9 Å². The number of nitro benzene ring substituents is 1. The first-order chi connectivity index (χ1) is 14.7. The second-order valence-electron chi connectivity index (χ2n) is 6.60. The second-order valence-corrected chi connectivity index (χ2v) is 7.79. The molecular weight excluding hydrogens is 467 g/mol. The summed E-state index contributed by atoms with van der Waals surface area (Å²) in [6.45, 7) is 1.67. The zero-order chi connectivity index (χ0) is 22.3. The largest absolute Gasteiger partial charge is 0.325 e. The first kappa shape index (κ1) is 21.1. The van der Waals surface area contributed by atoms with Crippen LogP contribution in [-0.4, -0.2) is 20.4 Å². The summed E-state index contributed by atoms with van der Waals surface area (Å²) in [6, 6.07) is 10.3. The number of nitrogens with zero attached hydrogens (tertiary/aromatic N) is 4. The molecule has 0 saturated carbocycles. The van der Waals surface area contributed by atoms with Gasteiger partial charge in [-0.25, -0.2) is 9.98 Å². The Kier molecular flexibility index (Phi) is 5.57. The average molecular weight is 480 g/mol. The SMILES string of the molecule is Cc1cc(=O)n2c(n1)NC(Nc1cccc(Cl)c1Cl)=N[C@H]2c1cc([N+](=O)[O-])ccc1Cl. The molecule has 1 aromatic heterocycles. The number of hydrogen-bond acceptors (Lipinski definition) is 7. The average Bonchev–Trinajstić information content (AvgIpc) is 2.70. The molecule has 9 nitrogen and oxygen atoms in total.